The van der Waals surface area contributed by atoms with Gasteiger partial charge in [-0.15, -0.1) is 0 Å². The molecule has 128 valence electrons. The molecule has 0 atom stereocenters. The molecule has 4 aromatic rings. The van der Waals surface area contributed by atoms with Crippen LogP contribution in [-0.2, 0) is 4.74 Å². The van der Waals surface area contributed by atoms with E-state index in [4.69, 9.17) is 13.7 Å². The van der Waals surface area contributed by atoms with Gasteiger partial charge in [-0.3, -0.25) is 4.98 Å². The minimum atomic E-state index is -0.621. The number of esters is 1. The van der Waals surface area contributed by atoms with Crippen molar-refractivity contribution >= 4 is 16.9 Å². The Morgan fingerprint density at radius 2 is 2.08 bits per heavy atom. The number of hydrogen-bond donors (Lipinski definition) is 0. The van der Waals surface area contributed by atoms with Crippen LogP contribution in [0, 0.1) is 0 Å². The van der Waals surface area contributed by atoms with Crippen molar-refractivity contribution in [1.29, 1.82) is 0 Å². The Morgan fingerprint density at radius 1 is 1.19 bits per heavy atom. The zero-order valence-electron chi connectivity index (χ0n) is 13.5. The van der Waals surface area contributed by atoms with Crippen LogP contribution in [0.5, 0.6) is 0 Å². The van der Waals surface area contributed by atoms with Gasteiger partial charge in [0, 0.05) is 23.3 Å². The Bertz CT molecular complexity index is 1160. The third-order valence-electron chi connectivity index (χ3n) is 3.73. The molecule has 0 N–H and O–H groups in total. The molecule has 0 unspecified atom stereocenters. The molecule has 1 aromatic carbocycles. The van der Waals surface area contributed by atoms with Gasteiger partial charge in [-0.05, 0) is 36.4 Å². The lowest BCUT2D eigenvalue weighted by atomic mass is 10.1. The molecule has 8 heteroatoms. The minimum absolute atomic E-state index is 0.0166. The molecule has 0 fully saturated rings. The molecule has 0 radical (unpaired) electrons. The average molecular weight is 349 g/mol. The summed E-state index contributed by atoms with van der Waals surface area (Å²) in [5.41, 5.74) is 0.798. The van der Waals surface area contributed by atoms with E-state index in [1.165, 1.54) is 25.3 Å². The number of carbonyl (C=O) groups excluding carboxylic acids is 1. The number of pyridine rings is 1. The summed E-state index contributed by atoms with van der Waals surface area (Å²) in [6, 6.07) is 9.66. The van der Waals surface area contributed by atoms with Gasteiger partial charge in [-0.25, -0.2) is 9.59 Å². The first-order valence-electron chi connectivity index (χ1n) is 7.56. The van der Waals surface area contributed by atoms with Crippen molar-refractivity contribution in [2.75, 3.05) is 7.11 Å². The summed E-state index contributed by atoms with van der Waals surface area (Å²) in [5.74, 6) is -0.171. The summed E-state index contributed by atoms with van der Waals surface area (Å²) >= 11 is 0. The first-order chi connectivity index (χ1) is 12.7. The SMILES string of the molecule is COC(=O)c1ccc2oc(=O)c(-c3nc(-c4cccnc4)no3)cc2c1. The summed E-state index contributed by atoms with van der Waals surface area (Å²) in [5, 5.41) is 4.39. The van der Waals surface area contributed by atoms with E-state index in [0.717, 1.165) is 0 Å². The van der Waals surface area contributed by atoms with Gasteiger partial charge in [0.15, 0.2) is 0 Å². The smallest absolute Gasteiger partial charge is 0.349 e. The Morgan fingerprint density at radius 3 is 2.85 bits per heavy atom. The maximum atomic E-state index is 12.3. The van der Waals surface area contributed by atoms with Crippen molar-refractivity contribution in [1.82, 2.24) is 15.1 Å². The van der Waals surface area contributed by atoms with Crippen LogP contribution in [0.25, 0.3) is 33.8 Å². The molecular formula is C18H11N3O5. The predicted octanol–water partition coefficient (Wildman–Crippen LogP) is 2.69. The van der Waals surface area contributed by atoms with E-state index in [0.29, 0.717) is 27.9 Å². The van der Waals surface area contributed by atoms with Gasteiger partial charge in [0.05, 0.1) is 12.7 Å². The summed E-state index contributed by atoms with van der Waals surface area (Å²) in [6.07, 6.45) is 3.21. The Hall–Kier alpha value is -3.81. The maximum Gasteiger partial charge on any atom is 0.349 e. The number of benzene rings is 1. The molecule has 0 saturated heterocycles. The lowest BCUT2D eigenvalue weighted by Gasteiger charge is -2.02. The molecule has 26 heavy (non-hydrogen) atoms. The lowest BCUT2D eigenvalue weighted by molar-refractivity contribution is 0.0601. The first-order valence-corrected chi connectivity index (χ1v) is 7.56. The van der Waals surface area contributed by atoms with Crippen LogP contribution in [0.4, 0.5) is 0 Å². The number of aromatic nitrogens is 3. The second-order valence-corrected chi connectivity index (χ2v) is 5.36. The van der Waals surface area contributed by atoms with E-state index in [-0.39, 0.29) is 11.5 Å². The van der Waals surface area contributed by atoms with Crippen LogP contribution >= 0.6 is 0 Å². The number of ether oxygens (including phenoxy) is 1. The Labute approximate surface area is 146 Å². The third kappa shape index (κ3) is 2.73. The highest BCUT2D eigenvalue weighted by atomic mass is 16.5. The van der Waals surface area contributed by atoms with Crippen molar-refractivity contribution in [3.8, 4) is 22.8 Å². The maximum absolute atomic E-state index is 12.3. The zero-order valence-corrected chi connectivity index (χ0v) is 13.5. The number of carbonyl (C=O) groups is 1. The van der Waals surface area contributed by atoms with E-state index < -0.39 is 11.6 Å². The van der Waals surface area contributed by atoms with Gasteiger partial charge in [0.1, 0.15) is 11.1 Å². The van der Waals surface area contributed by atoms with Crippen molar-refractivity contribution in [3.05, 3.63) is 64.8 Å². The molecule has 0 saturated carbocycles. The molecule has 0 aliphatic heterocycles. The highest BCUT2D eigenvalue weighted by Gasteiger charge is 2.17. The van der Waals surface area contributed by atoms with Crippen molar-refractivity contribution in [2.45, 2.75) is 0 Å². The quantitative estimate of drug-likeness (QED) is 0.410. The van der Waals surface area contributed by atoms with Crippen LogP contribution < -0.4 is 5.63 Å². The fraction of sp³-hybridized carbons (Fsp3) is 0.0556. The van der Waals surface area contributed by atoms with E-state index in [1.807, 2.05) is 0 Å². The second-order valence-electron chi connectivity index (χ2n) is 5.36. The molecule has 3 heterocycles. The number of fused-ring (bicyclic) bond motifs is 1. The fourth-order valence-corrected chi connectivity index (χ4v) is 2.46. The van der Waals surface area contributed by atoms with Gasteiger partial charge in [-0.1, -0.05) is 5.16 Å². The topological polar surface area (TPSA) is 108 Å². The van der Waals surface area contributed by atoms with Gasteiger partial charge >= 0.3 is 11.6 Å². The monoisotopic (exact) mass is 349 g/mol. The van der Waals surface area contributed by atoms with Crippen LogP contribution in [-0.4, -0.2) is 28.2 Å². The molecule has 3 aromatic heterocycles. The number of methoxy groups -OCH3 is 1. The normalized spacial score (nSPS) is 10.8. The average Bonchev–Trinajstić information content (AvgIpc) is 3.17. The zero-order chi connectivity index (χ0) is 18.1. The lowest BCUT2D eigenvalue weighted by Crippen LogP contribution is -2.04. The third-order valence-corrected chi connectivity index (χ3v) is 3.73. The number of rotatable bonds is 3. The number of nitrogens with zero attached hydrogens (tertiary/aromatic N) is 3. The standard InChI is InChI=1S/C18H11N3O5/c1-24-17(22)10-4-5-14-12(7-10)8-13(18(23)25-14)16-20-15(21-26-16)11-3-2-6-19-9-11/h2-9H,1H3. The van der Waals surface area contributed by atoms with Crippen LogP contribution in [0.3, 0.4) is 0 Å². The van der Waals surface area contributed by atoms with Crippen molar-refractivity contribution < 1.29 is 18.5 Å². The summed E-state index contributed by atoms with van der Waals surface area (Å²) in [4.78, 5) is 32.1. The Kier molecular flexibility index (Phi) is 3.77. The highest BCUT2D eigenvalue weighted by Crippen LogP contribution is 2.23. The molecule has 4 rings (SSSR count). The van der Waals surface area contributed by atoms with Gasteiger partial charge in [0.2, 0.25) is 5.82 Å². The minimum Gasteiger partial charge on any atom is -0.465 e. The van der Waals surface area contributed by atoms with E-state index in [9.17, 15) is 9.59 Å². The van der Waals surface area contributed by atoms with E-state index >= 15 is 0 Å². The van der Waals surface area contributed by atoms with Crippen LogP contribution in [0.15, 0.2) is 62.5 Å². The highest BCUT2D eigenvalue weighted by molar-refractivity contribution is 5.94. The van der Waals surface area contributed by atoms with E-state index in [1.54, 1.807) is 30.6 Å². The molecule has 0 aliphatic carbocycles. The molecular weight excluding hydrogens is 338 g/mol. The largest absolute Gasteiger partial charge is 0.465 e. The van der Waals surface area contributed by atoms with Crippen LogP contribution in [0.1, 0.15) is 10.4 Å². The molecule has 0 amide bonds. The van der Waals surface area contributed by atoms with Gasteiger partial charge in [0.25, 0.3) is 5.89 Å². The molecule has 0 bridgehead atoms. The molecule has 0 spiro atoms. The number of hydrogen-bond acceptors (Lipinski definition) is 8. The van der Waals surface area contributed by atoms with Crippen molar-refractivity contribution in [3.63, 3.8) is 0 Å². The fourth-order valence-electron chi connectivity index (χ4n) is 2.46. The molecule has 8 nitrogen and oxygen atoms in total. The van der Waals surface area contributed by atoms with E-state index in [2.05, 4.69) is 15.1 Å². The predicted molar refractivity (Wildman–Crippen MR) is 90.3 cm³/mol. The second kappa shape index (κ2) is 6.25. The summed E-state index contributed by atoms with van der Waals surface area (Å²) in [6.45, 7) is 0. The van der Waals surface area contributed by atoms with Gasteiger partial charge in [-0.2, -0.15) is 4.98 Å². The van der Waals surface area contributed by atoms with Crippen LogP contribution in [0.2, 0.25) is 0 Å². The Balaban J connectivity index is 1.81. The first kappa shape index (κ1) is 15.7. The van der Waals surface area contributed by atoms with Gasteiger partial charge < -0.3 is 13.7 Å². The van der Waals surface area contributed by atoms with Crippen molar-refractivity contribution in [2.24, 2.45) is 0 Å². The molecule has 0 aliphatic rings. The summed E-state index contributed by atoms with van der Waals surface area (Å²) in [7, 11) is 1.29. The summed E-state index contributed by atoms with van der Waals surface area (Å²) < 4.78 is 15.2.